The van der Waals surface area contributed by atoms with Crippen molar-refractivity contribution in [1.82, 2.24) is 25.0 Å². The molecule has 0 amide bonds. The van der Waals surface area contributed by atoms with Gasteiger partial charge >= 0.3 is 0 Å². The summed E-state index contributed by atoms with van der Waals surface area (Å²) in [5.41, 5.74) is 1.44. The van der Waals surface area contributed by atoms with Gasteiger partial charge in [0.25, 0.3) is 0 Å². The van der Waals surface area contributed by atoms with Gasteiger partial charge < -0.3 is 10.2 Å². The van der Waals surface area contributed by atoms with Crippen molar-refractivity contribution in [2.24, 2.45) is 0 Å². The maximum absolute atomic E-state index is 4.17. The van der Waals surface area contributed by atoms with Crippen LogP contribution in [0.15, 0.2) is 43.0 Å². The molecule has 0 saturated carbocycles. The van der Waals surface area contributed by atoms with Gasteiger partial charge in [0.2, 0.25) is 0 Å². The van der Waals surface area contributed by atoms with E-state index < -0.39 is 0 Å². The first-order chi connectivity index (χ1) is 11.3. The first-order valence-electron chi connectivity index (χ1n) is 8.64. The van der Waals surface area contributed by atoms with Crippen molar-refractivity contribution in [3.8, 4) is 0 Å². The van der Waals surface area contributed by atoms with Crippen LogP contribution in [0.5, 0.6) is 0 Å². The second-order valence-electron chi connectivity index (χ2n) is 6.54. The van der Waals surface area contributed by atoms with Gasteiger partial charge in [0.1, 0.15) is 12.7 Å². The third-order valence-corrected chi connectivity index (χ3v) is 4.59. The van der Waals surface area contributed by atoms with Gasteiger partial charge in [-0.05, 0) is 44.8 Å². The van der Waals surface area contributed by atoms with Crippen molar-refractivity contribution in [2.45, 2.75) is 44.8 Å². The quantitative estimate of drug-likeness (QED) is 0.849. The third-order valence-electron chi connectivity index (χ3n) is 4.59. The Morgan fingerprint density at radius 2 is 2.00 bits per heavy atom. The summed E-state index contributed by atoms with van der Waals surface area (Å²) in [6, 6.07) is 11.8. The molecule has 124 valence electrons. The van der Waals surface area contributed by atoms with Crippen LogP contribution >= 0.6 is 0 Å². The molecule has 1 unspecified atom stereocenters. The van der Waals surface area contributed by atoms with E-state index in [1.165, 1.54) is 38.0 Å². The lowest BCUT2D eigenvalue weighted by Crippen LogP contribution is -2.46. The molecule has 1 fully saturated rings. The fraction of sp³-hybridized carbons (Fsp3) is 0.556. The highest BCUT2D eigenvalue weighted by atomic mass is 15.3. The van der Waals surface area contributed by atoms with Gasteiger partial charge in [-0.25, -0.2) is 4.98 Å². The average molecular weight is 313 g/mol. The first-order valence-corrected chi connectivity index (χ1v) is 8.64. The molecule has 1 aromatic heterocycles. The van der Waals surface area contributed by atoms with E-state index in [9.17, 15) is 0 Å². The Morgan fingerprint density at radius 1 is 1.22 bits per heavy atom. The average Bonchev–Trinajstić information content (AvgIpc) is 3.08. The van der Waals surface area contributed by atoms with Crippen LogP contribution in [0.25, 0.3) is 0 Å². The highest BCUT2D eigenvalue weighted by Crippen LogP contribution is 2.12. The normalized spacial score (nSPS) is 18.1. The lowest BCUT2D eigenvalue weighted by Gasteiger charge is -2.34. The van der Waals surface area contributed by atoms with Gasteiger partial charge in [0, 0.05) is 18.6 Å². The van der Waals surface area contributed by atoms with Crippen LogP contribution in [0.2, 0.25) is 0 Å². The number of nitrogens with zero attached hydrogens (tertiary/aromatic N) is 4. The number of benzene rings is 1. The van der Waals surface area contributed by atoms with Crippen molar-refractivity contribution in [3.05, 3.63) is 48.5 Å². The van der Waals surface area contributed by atoms with E-state index in [1.807, 2.05) is 4.68 Å². The summed E-state index contributed by atoms with van der Waals surface area (Å²) in [4.78, 5) is 6.59. The molecule has 2 heterocycles. The summed E-state index contributed by atoms with van der Waals surface area (Å²) in [5, 5.41) is 7.91. The number of nitrogens with one attached hydrogen (secondary N) is 1. The number of rotatable bonds is 7. The van der Waals surface area contributed by atoms with Crippen molar-refractivity contribution < 1.29 is 0 Å². The van der Waals surface area contributed by atoms with Gasteiger partial charge in [-0.3, -0.25) is 4.68 Å². The highest BCUT2D eigenvalue weighted by Gasteiger charge is 2.20. The van der Waals surface area contributed by atoms with Crippen molar-refractivity contribution in [2.75, 3.05) is 19.6 Å². The zero-order chi connectivity index (χ0) is 15.9. The SMILES string of the molecule is CC(Cn1cncn1)NC1CCN(CCc2ccccc2)CC1. The van der Waals surface area contributed by atoms with Crippen LogP contribution < -0.4 is 5.32 Å². The molecule has 5 nitrogen and oxygen atoms in total. The molecule has 1 aliphatic heterocycles. The molecule has 0 spiro atoms. The summed E-state index contributed by atoms with van der Waals surface area (Å²) >= 11 is 0. The fourth-order valence-corrected chi connectivity index (χ4v) is 3.32. The van der Waals surface area contributed by atoms with Crippen LogP contribution in [0.4, 0.5) is 0 Å². The Hall–Kier alpha value is -1.72. The van der Waals surface area contributed by atoms with Crippen LogP contribution in [0, 0.1) is 0 Å². The minimum Gasteiger partial charge on any atom is -0.310 e. The standard InChI is InChI=1S/C18H27N5/c1-16(13-23-15-19-14-20-23)21-18-8-11-22(12-9-18)10-7-17-5-3-2-4-6-17/h2-6,14-16,18,21H,7-13H2,1H3. The monoisotopic (exact) mass is 313 g/mol. The Labute approximate surface area is 138 Å². The zero-order valence-corrected chi connectivity index (χ0v) is 13.9. The molecule has 1 aromatic carbocycles. The number of aromatic nitrogens is 3. The molecule has 1 aliphatic rings. The summed E-state index contributed by atoms with van der Waals surface area (Å²) < 4.78 is 1.90. The Balaban J connectivity index is 1.35. The lowest BCUT2D eigenvalue weighted by molar-refractivity contribution is 0.191. The largest absolute Gasteiger partial charge is 0.310 e. The van der Waals surface area contributed by atoms with Gasteiger partial charge in [0.05, 0.1) is 6.54 Å². The summed E-state index contributed by atoms with van der Waals surface area (Å²) in [5.74, 6) is 0. The van der Waals surface area contributed by atoms with Gasteiger partial charge in [-0.2, -0.15) is 5.10 Å². The molecular weight excluding hydrogens is 286 g/mol. The number of hydrogen-bond acceptors (Lipinski definition) is 4. The zero-order valence-electron chi connectivity index (χ0n) is 13.9. The number of hydrogen-bond donors (Lipinski definition) is 1. The molecule has 1 N–H and O–H groups in total. The fourth-order valence-electron chi connectivity index (χ4n) is 3.32. The molecule has 1 saturated heterocycles. The minimum atomic E-state index is 0.428. The van der Waals surface area contributed by atoms with Gasteiger partial charge in [-0.1, -0.05) is 30.3 Å². The van der Waals surface area contributed by atoms with Crippen LogP contribution in [0.3, 0.4) is 0 Å². The molecule has 1 atom stereocenters. The maximum atomic E-state index is 4.17. The maximum Gasteiger partial charge on any atom is 0.137 e. The predicted octanol–water partition coefficient (Wildman–Crippen LogP) is 1.96. The second kappa shape index (κ2) is 8.22. The molecular formula is C18H27N5. The number of likely N-dealkylation sites (tertiary alicyclic amines) is 1. The first kappa shape index (κ1) is 16.1. The topological polar surface area (TPSA) is 46.0 Å². The van der Waals surface area contributed by atoms with Crippen molar-refractivity contribution >= 4 is 0 Å². The van der Waals surface area contributed by atoms with Crippen molar-refractivity contribution in [3.63, 3.8) is 0 Å². The van der Waals surface area contributed by atoms with Crippen LogP contribution in [-0.2, 0) is 13.0 Å². The van der Waals surface area contributed by atoms with E-state index in [0.717, 1.165) is 13.0 Å². The van der Waals surface area contributed by atoms with E-state index >= 15 is 0 Å². The highest BCUT2D eigenvalue weighted by molar-refractivity contribution is 5.14. The van der Waals surface area contributed by atoms with Crippen LogP contribution in [0.1, 0.15) is 25.3 Å². The molecule has 23 heavy (non-hydrogen) atoms. The van der Waals surface area contributed by atoms with E-state index in [2.05, 4.69) is 57.6 Å². The lowest BCUT2D eigenvalue weighted by atomic mass is 10.0. The molecule has 5 heteroatoms. The third kappa shape index (κ3) is 5.15. The van der Waals surface area contributed by atoms with E-state index in [1.54, 1.807) is 12.7 Å². The Bertz CT molecular complexity index is 546. The Kier molecular flexibility index (Phi) is 5.77. The minimum absolute atomic E-state index is 0.428. The summed E-state index contributed by atoms with van der Waals surface area (Å²) in [6.45, 7) is 6.67. The van der Waals surface area contributed by atoms with E-state index in [-0.39, 0.29) is 0 Å². The molecule has 2 aromatic rings. The summed E-state index contributed by atoms with van der Waals surface area (Å²) in [7, 11) is 0. The van der Waals surface area contributed by atoms with E-state index in [0.29, 0.717) is 12.1 Å². The molecule has 0 aliphatic carbocycles. The predicted molar refractivity (Wildman–Crippen MR) is 92.2 cm³/mol. The van der Waals surface area contributed by atoms with Gasteiger partial charge in [-0.15, -0.1) is 0 Å². The number of piperidine rings is 1. The summed E-state index contributed by atoms with van der Waals surface area (Å²) in [6.07, 6.45) is 7.00. The Morgan fingerprint density at radius 3 is 2.70 bits per heavy atom. The smallest absolute Gasteiger partial charge is 0.137 e. The van der Waals surface area contributed by atoms with Gasteiger partial charge in [0.15, 0.2) is 0 Å². The second-order valence-corrected chi connectivity index (χ2v) is 6.54. The molecule has 3 rings (SSSR count). The molecule has 0 radical (unpaired) electrons. The van der Waals surface area contributed by atoms with Crippen molar-refractivity contribution in [1.29, 1.82) is 0 Å². The van der Waals surface area contributed by atoms with Crippen LogP contribution in [-0.4, -0.2) is 51.4 Å². The van der Waals surface area contributed by atoms with E-state index in [4.69, 9.17) is 0 Å². The molecule has 0 bridgehead atoms.